The molecule has 5 rings (SSSR count). The predicted molar refractivity (Wildman–Crippen MR) is 145 cm³/mol. The number of ether oxygens (including phenoxy) is 1. The zero-order chi connectivity index (χ0) is 24.2. The lowest BCUT2D eigenvalue weighted by Gasteiger charge is -2.22. The van der Waals surface area contributed by atoms with E-state index >= 15 is 0 Å². The Morgan fingerprint density at radius 2 is 1.89 bits per heavy atom. The number of para-hydroxylation sites is 1. The minimum Gasteiger partial charge on any atom is -0.488 e. The van der Waals surface area contributed by atoms with Crippen LogP contribution >= 0.6 is 22.6 Å². The fourth-order valence-electron chi connectivity index (χ4n) is 4.50. The highest BCUT2D eigenvalue weighted by Gasteiger charge is 2.22. The molecule has 0 saturated heterocycles. The van der Waals surface area contributed by atoms with Crippen LogP contribution in [-0.2, 0) is 6.61 Å². The second-order valence-corrected chi connectivity index (χ2v) is 9.95. The highest BCUT2D eigenvalue weighted by atomic mass is 127. The molecular weight excluding hydrogens is 556 g/mol. The van der Waals surface area contributed by atoms with Crippen molar-refractivity contribution >= 4 is 39.7 Å². The molecule has 178 valence electrons. The molecule has 4 aromatic rings. The summed E-state index contributed by atoms with van der Waals surface area (Å²) in [5.74, 6) is 1.41. The number of fused-ring (bicyclic) bond motifs is 1. The maximum absolute atomic E-state index is 13.4. The van der Waals surface area contributed by atoms with E-state index < -0.39 is 0 Å². The highest BCUT2D eigenvalue weighted by Crippen LogP contribution is 2.32. The minimum absolute atomic E-state index is 0.142. The molecule has 7 heteroatoms. The first-order chi connectivity index (χ1) is 17.1. The third kappa shape index (κ3) is 5.45. The maximum atomic E-state index is 13.4. The molecule has 5 nitrogen and oxygen atoms in total. The SMILES string of the molecule is O=c1c2ccccc2nc(C2CCCCC2)n1N=Cc1ccc(OCc2cccc(F)c2)c(I)c1. The Morgan fingerprint density at radius 3 is 2.69 bits per heavy atom. The molecule has 0 amide bonds. The number of aromatic nitrogens is 2. The van der Waals surface area contributed by atoms with Crippen LogP contribution in [0.5, 0.6) is 5.75 Å². The van der Waals surface area contributed by atoms with Crippen molar-refractivity contribution in [1.29, 1.82) is 0 Å². The Balaban J connectivity index is 1.42. The van der Waals surface area contributed by atoms with Crippen molar-refractivity contribution in [2.24, 2.45) is 5.10 Å². The fourth-order valence-corrected chi connectivity index (χ4v) is 5.20. The van der Waals surface area contributed by atoms with Gasteiger partial charge in [0.15, 0.2) is 0 Å². The summed E-state index contributed by atoms with van der Waals surface area (Å²) in [4.78, 5) is 18.2. The molecule has 3 aromatic carbocycles. The summed E-state index contributed by atoms with van der Waals surface area (Å²) in [6.07, 6.45) is 7.26. The Bertz CT molecular complexity index is 1440. The third-order valence-corrected chi connectivity index (χ3v) is 7.15. The minimum atomic E-state index is -0.279. The average molecular weight is 581 g/mol. The molecule has 1 aliphatic carbocycles. The molecule has 0 spiro atoms. The summed E-state index contributed by atoms with van der Waals surface area (Å²) >= 11 is 2.21. The van der Waals surface area contributed by atoms with Crippen LogP contribution < -0.4 is 10.3 Å². The molecule has 0 N–H and O–H groups in total. The van der Waals surface area contributed by atoms with Crippen molar-refractivity contribution in [3.63, 3.8) is 0 Å². The van der Waals surface area contributed by atoms with E-state index in [0.29, 0.717) is 11.1 Å². The Hall–Kier alpha value is -3.07. The number of hydrogen-bond acceptors (Lipinski definition) is 4. The van der Waals surface area contributed by atoms with Gasteiger partial charge in [0.25, 0.3) is 5.56 Å². The average Bonchev–Trinajstić information content (AvgIpc) is 2.88. The second-order valence-electron chi connectivity index (χ2n) is 8.79. The van der Waals surface area contributed by atoms with E-state index in [4.69, 9.17) is 9.72 Å². The summed E-state index contributed by atoms with van der Waals surface area (Å²) in [7, 11) is 0. The quantitative estimate of drug-likeness (QED) is 0.189. The van der Waals surface area contributed by atoms with Gasteiger partial charge >= 0.3 is 0 Å². The first kappa shape index (κ1) is 23.7. The van der Waals surface area contributed by atoms with Crippen LogP contribution in [0.25, 0.3) is 10.9 Å². The van der Waals surface area contributed by atoms with Crippen molar-refractivity contribution < 1.29 is 9.13 Å². The van der Waals surface area contributed by atoms with Crippen LogP contribution in [0.1, 0.15) is 55.0 Å². The summed E-state index contributed by atoms with van der Waals surface area (Å²) in [6, 6.07) is 19.5. The molecule has 1 aromatic heterocycles. The van der Waals surface area contributed by atoms with E-state index in [-0.39, 0.29) is 23.9 Å². The Labute approximate surface area is 216 Å². The van der Waals surface area contributed by atoms with E-state index in [1.807, 2.05) is 42.5 Å². The zero-order valence-corrected chi connectivity index (χ0v) is 21.3. The summed E-state index contributed by atoms with van der Waals surface area (Å²) in [5, 5.41) is 5.18. The molecule has 1 heterocycles. The smallest absolute Gasteiger partial charge is 0.282 e. The monoisotopic (exact) mass is 581 g/mol. The molecule has 1 fully saturated rings. The van der Waals surface area contributed by atoms with Crippen molar-refractivity contribution in [1.82, 2.24) is 9.66 Å². The van der Waals surface area contributed by atoms with Gasteiger partial charge in [-0.25, -0.2) is 9.37 Å². The molecule has 1 aliphatic rings. The number of nitrogens with zero attached hydrogens (tertiary/aromatic N) is 3. The molecule has 0 atom stereocenters. The molecule has 0 unspecified atom stereocenters. The predicted octanol–water partition coefficient (Wildman–Crippen LogP) is 6.65. The lowest BCUT2D eigenvalue weighted by molar-refractivity contribution is 0.303. The Kier molecular flexibility index (Phi) is 7.22. The van der Waals surface area contributed by atoms with Gasteiger partial charge in [-0.2, -0.15) is 9.78 Å². The van der Waals surface area contributed by atoms with Crippen molar-refractivity contribution in [2.75, 3.05) is 0 Å². The van der Waals surface area contributed by atoms with Crippen LogP contribution in [0.3, 0.4) is 0 Å². The number of halogens is 2. The standard InChI is InChI=1S/C28H25FIN3O2/c29-22-10-6-7-20(15-22)18-35-26-14-13-19(16-24(26)30)17-31-33-27(21-8-2-1-3-9-21)32-25-12-5-4-11-23(25)28(33)34/h4-7,10-17,21H,1-3,8-9,18H2. The van der Waals surface area contributed by atoms with Crippen LogP contribution in [-0.4, -0.2) is 15.9 Å². The van der Waals surface area contributed by atoms with E-state index in [2.05, 4.69) is 27.7 Å². The van der Waals surface area contributed by atoms with Crippen molar-refractivity contribution in [3.05, 3.63) is 103 Å². The second kappa shape index (κ2) is 10.7. The van der Waals surface area contributed by atoms with E-state index in [9.17, 15) is 9.18 Å². The zero-order valence-electron chi connectivity index (χ0n) is 19.2. The van der Waals surface area contributed by atoms with E-state index in [1.165, 1.54) is 23.2 Å². The van der Waals surface area contributed by atoms with Gasteiger partial charge in [-0.1, -0.05) is 43.5 Å². The van der Waals surface area contributed by atoms with Gasteiger partial charge in [-0.15, -0.1) is 0 Å². The van der Waals surface area contributed by atoms with Gasteiger partial charge in [0, 0.05) is 5.92 Å². The first-order valence-electron chi connectivity index (χ1n) is 11.8. The number of benzene rings is 3. The molecule has 0 aliphatic heterocycles. The molecular formula is C28H25FIN3O2. The van der Waals surface area contributed by atoms with Gasteiger partial charge in [0.05, 0.1) is 20.7 Å². The molecule has 1 saturated carbocycles. The van der Waals surface area contributed by atoms with E-state index in [0.717, 1.165) is 51.7 Å². The maximum Gasteiger partial charge on any atom is 0.282 e. The van der Waals surface area contributed by atoms with Crippen LogP contribution in [0.2, 0.25) is 0 Å². The number of rotatable bonds is 6. The molecule has 0 bridgehead atoms. The third-order valence-electron chi connectivity index (χ3n) is 6.31. The summed E-state index contributed by atoms with van der Waals surface area (Å²) < 4.78 is 21.7. The molecule has 35 heavy (non-hydrogen) atoms. The van der Waals surface area contributed by atoms with E-state index in [1.54, 1.807) is 18.3 Å². The first-order valence-corrected chi connectivity index (χ1v) is 12.9. The van der Waals surface area contributed by atoms with Gasteiger partial charge in [-0.3, -0.25) is 4.79 Å². The molecule has 0 radical (unpaired) electrons. The fraction of sp³-hybridized carbons (Fsp3) is 0.250. The topological polar surface area (TPSA) is 56.5 Å². The number of hydrogen-bond donors (Lipinski definition) is 0. The lowest BCUT2D eigenvalue weighted by Crippen LogP contribution is -2.25. The van der Waals surface area contributed by atoms with Crippen LogP contribution in [0.4, 0.5) is 4.39 Å². The van der Waals surface area contributed by atoms with Crippen LogP contribution in [0.15, 0.2) is 76.6 Å². The summed E-state index contributed by atoms with van der Waals surface area (Å²) in [5.41, 5.74) is 2.20. The van der Waals surface area contributed by atoms with Gasteiger partial charge in [0.1, 0.15) is 24.0 Å². The van der Waals surface area contributed by atoms with Crippen molar-refractivity contribution in [3.8, 4) is 5.75 Å². The highest BCUT2D eigenvalue weighted by molar-refractivity contribution is 14.1. The largest absolute Gasteiger partial charge is 0.488 e. The lowest BCUT2D eigenvalue weighted by atomic mass is 9.88. The van der Waals surface area contributed by atoms with Crippen LogP contribution in [0, 0.1) is 9.39 Å². The van der Waals surface area contributed by atoms with Gasteiger partial charge in [0.2, 0.25) is 0 Å². The van der Waals surface area contributed by atoms with Gasteiger partial charge in [-0.05, 0) is 89.0 Å². The van der Waals surface area contributed by atoms with Gasteiger partial charge < -0.3 is 4.74 Å². The summed E-state index contributed by atoms with van der Waals surface area (Å²) in [6.45, 7) is 0.282. The Morgan fingerprint density at radius 1 is 1.06 bits per heavy atom. The normalized spacial score (nSPS) is 14.6. The van der Waals surface area contributed by atoms with Crippen molar-refractivity contribution in [2.45, 2.75) is 44.6 Å².